The zero-order chi connectivity index (χ0) is 19.5. The van der Waals surface area contributed by atoms with Gasteiger partial charge in [-0.2, -0.15) is 0 Å². The van der Waals surface area contributed by atoms with Gasteiger partial charge in [0.2, 0.25) is 5.91 Å². The van der Waals surface area contributed by atoms with Gasteiger partial charge in [0.15, 0.2) is 11.6 Å². The zero-order valence-corrected chi connectivity index (χ0v) is 15.1. The second-order valence-corrected chi connectivity index (χ2v) is 6.57. The molecule has 0 bridgehead atoms. The third-order valence-electron chi connectivity index (χ3n) is 4.68. The van der Waals surface area contributed by atoms with Gasteiger partial charge in [-0.1, -0.05) is 66.7 Å². The van der Waals surface area contributed by atoms with Crippen LogP contribution in [0.2, 0.25) is 0 Å². The van der Waals surface area contributed by atoms with Crippen LogP contribution in [0.25, 0.3) is 0 Å². The summed E-state index contributed by atoms with van der Waals surface area (Å²) in [6.45, 7) is 0.656. The number of fused-ring (bicyclic) bond motifs is 2. The van der Waals surface area contributed by atoms with Crippen molar-refractivity contribution in [3.05, 3.63) is 101 Å². The Morgan fingerprint density at radius 1 is 0.714 bits per heavy atom. The van der Waals surface area contributed by atoms with Crippen molar-refractivity contribution >= 4 is 23.2 Å². The molecule has 2 N–H and O–H groups in total. The van der Waals surface area contributed by atoms with E-state index in [9.17, 15) is 14.4 Å². The summed E-state index contributed by atoms with van der Waals surface area (Å²) >= 11 is 0. The topological polar surface area (TPSA) is 75.3 Å². The molecule has 0 spiro atoms. The maximum Gasteiger partial charge on any atom is 0.238 e. The molecule has 0 saturated carbocycles. The Balaban J connectivity index is 1.51. The van der Waals surface area contributed by atoms with Gasteiger partial charge in [0, 0.05) is 23.2 Å². The monoisotopic (exact) mass is 370 g/mol. The molecule has 0 aromatic heterocycles. The summed E-state index contributed by atoms with van der Waals surface area (Å²) in [6, 6.07) is 21.4. The fourth-order valence-corrected chi connectivity index (χ4v) is 3.36. The molecule has 138 valence electrons. The summed E-state index contributed by atoms with van der Waals surface area (Å²) in [5.41, 5.74) is 2.76. The highest BCUT2D eigenvalue weighted by molar-refractivity contribution is 6.30. The summed E-state index contributed by atoms with van der Waals surface area (Å²) in [6.07, 6.45) is 0. The van der Waals surface area contributed by atoms with Crippen molar-refractivity contribution in [1.29, 1.82) is 0 Å². The van der Waals surface area contributed by atoms with E-state index in [0.717, 1.165) is 5.56 Å². The van der Waals surface area contributed by atoms with Crippen LogP contribution in [0.15, 0.2) is 72.8 Å². The van der Waals surface area contributed by atoms with Crippen LogP contribution in [0.4, 0.5) is 5.69 Å². The quantitative estimate of drug-likeness (QED) is 0.566. The first-order valence-electron chi connectivity index (χ1n) is 9.01. The van der Waals surface area contributed by atoms with Crippen LogP contribution in [0.3, 0.4) is 0 Å². The first-order valence-corrected chi connectivity index (χ1v) is 9.01. The molecular formula is C23H18N2O3. The molecule has 5 nitrogen and oxygen atoms in total. The van der Waals surface area contributed by atoms with Crippen LogP contribution in [-0.2, 0) is 11.3 Å². The van der Waals surface area contributed by atoms with E-state index in [1.54, 1.807) is 42.5 Å². The highest BCUT2D eigenvalue weighted by atomic mass is 16.2. The van der Waals surface area contributed by atoms with Gasteiger partial charge in [-0.3, -0.25) is 14.4 Å². The first-order chi connectivity index (χ1) is 13.6. The molecule has 28 heavy (non-hydrogen) atoms. The van der Waals surface area contributed by atoms with E-state index in [4.69, 9.17) is 0 Å². The van der Waals surface area contributed by atoms with E-state index in [-0.39, 0.29) is 29.6 Å². The zero-order valence-electron chi connectivity index (χ0n) is 15.1. The van der Waals surface area contributed by atoms with E-state index in [0.29, 0.717) is 28.9 Å². The number of hydrogen-bond donors (Lipinski definition) is 2. The van der Waals surface area contributed by atoms with Crippen LogP contribution in [0.5, 0.6) is 0 Å². The van der Waals surface area contributed by atoms with Crippen molar-refractivity contribution in [3.8, 4) is 0 Å². The molecule has 0 fully saturated rings. The van der Waals surface area contributed by atoms with Gasteiger partial charge in [0.05, 0.1) is 17.8 Å². The molecule has 1 aliphatic carbocycles. The van der Waals surface area contributed by atoms with Gasteiger partial charge in [0.1, 0.15) is 0 Å². The van der Waals surface area contributed by atoms with Gasteiger partial charge in [-0.15, -0.1) is 0 Å². The lowest BCUT2D eigenvalue weighted by Crippen LogP contribution is -2.29. The molecule has 0 heterocycles. The molecular weight excluding hydrogens is 352 g/mol. The summed E-state index contributed by atoms with van der Waals surface area (Å²) in [5, 5.41) is 5.84. The average Bonchev–Trinajstić information content (AvgIpc) is 2.73. The smallest absolute Gasteiger partial charge is 0.238 e. The molecule has 0 radical (unpaired) electrons. The third kappa shape index (κ3) is 3.35. The summed E-state index contributed by atoms with van der Waals surface area (Å²) in [4.78, 5) is 38.0. The van der Waals surface area contributed by atoms with Gasteiger partial charge >= 0.3 is 0 Å². The first kappa shape index (κ1) is 17.8. The van der Waals surface area contributed by atoms with Crippen LogP contribution in [0, 0.1) is 0 Å². The van der Waals surface area contributed by atoms with E-state index < -0.39 is 0 Å². The van der Waals surface area contributed by atoms with Crippen molar-refractivity contribution in [3.63, 3.8) is 0 Å². The molecule has 1 aliphatic rings. The SMILES string of the molecule is O=C(CNCc1ccccc1)Nc1cccc2c1C(=O)c1ccccc1C2=O. The Morgan fingerprint density at radius 3 is 2.11 bits per heavy atom. The minimum atomic E-state index is -0.275. The Labute approximate surface area is 162 Å². The van der Waals surface area contributed by atoms with E-state index in [1.807, 2.05) is 30.3 Å². The lowest BCUT2D eigenvalue weighted by molar-refractivity contribution is -0.115. The predicted molar refractivity (Wildman–Crippen MR) is 107 cm³/mol. The molecule has 0 aliphatic heterocycles. The molecule has 1 amide bonds. The third-order valence-corrected chi connectivity index (χ3v) is 4.68. The van der Waals surface area contributed by atoms with Crippen molar-refractivity contribution in [2.45, 2.75) is 6.54 Å². The Kier molecular flexibility index (Phi) is 4.83. The Morgan fingerprint density at radius 2 is 1.36 bits per heavy atom. The number of hydrogen-bond acceptors (Lipinski definition) is 4. The number of anilines is 1. The predicted octanol–water partition coefficient (Wildman–Crippen LogP) is 3.19. The molecule has 0 unspecified atom stereocenters. The number of rotatable bonds is 5. The molecule has 5 heteroatoms. The van der Waals surface area contributed by atoms with Crippen molar-refractivity contribution in [2.24, 2.45) is 0 Å². The molecule has 3 aromatic carbocycles. The number of ketones is 2. The highest BCUT2D eigenvalue weighted by Crippen LogP contribution is 2.31. The van der Waals surface area contributed by atoms with Crippen molar-refractivity contribution in [2.75, 3.05) is 11.9 Å². The number of nitrogens with one attached hydrogen (secondary N) is 2. The fourth-order valence-electron chi connectivity index (χ4n) is 3.36. The minimum absolute atomic E-state index is 0.0945. The van der Waals surface area contributed by atoms with Crippen LogP contribution in [-0.4, -0.2) is 24.0 Å². The van der Waals surface area contributed by atoms with E-state index in [1.165, 1.54) is 0 Å². The average molecular weight is 370 g/mol. The van der Waals surface area contributed by atoms with Gasteiger partial charge in [-0.25, -0.2) is 0 Å². The molecule has 3 aromatic rings. The van der Waals surface area contributed by atoms with Gasteiger partial charge in [-0.05, 0) is 11.6 Å². The summed E-state index contributed by atoms with van der Waals surface area (Å²) < 4.78 is 0. The maximum atomic E-state index is 12.9. The number of amides is 1. The molecule has 0 saturated heterocycles. The van der Waals surface area contributed by atoms with Crippen molar-refractivity contribution in [1.82, 2.24) is 5.32 Å². The van der Waals surface area contributed by atoms with Crippen LogP contribution < -0.4 is 10.6 Å². The highest BCUT2D eigenvalue weighted by Gasteiger charge is 2.31. The standard InChI is InChI=1S/C23H18N2O3/c26-20(14-24-13-15-7-2-1-3-8-15)25-19-12-6-11-18-21(19)23(28)17-10-5-4-9-16(17)22(18)27/h1-12,24H,13-14H2,(H,25,26). The largest absolute Gasteiger partial charge is 0.324 e. The second kappa shape index (κ2) is 7.58. The summed E-state index contributed by atoms with van der Waals surface area (Å²) in [5.74, 6) is -0.731. The van der Waals surface area contributed by atoms with E-state index >= 15 is 0 Å². The molecule has 4 rings (SSSR count). The number of carbonyl (C=O) groups excluding carboxylic acids is 3. The normalized spacial score (nSPS) is 12.3. The van der Waals surface area contributed by atoms with Gasteiger partial charge in [0.25, 0.3) is 0 Å². The Bertz CT molecular complexity index is 1070. The molecule has 0 atom stereocenters. The van der Waals surface area contributed by atoms with Crippen LogP contribution >= 0.6 is 0 Å². The number of carbonyl (C=O) groups is 3. The second-order valence-electron chi connectivity index (χ2n) is 6.57. The number of benzene rings is 3. The van der Waals surface area contributed by atoms with E-state index in [2.05, 4.69) is 10.6 Å². The van der Waals surface area contributed by atoms with Crippen LogP contribution in [0.1, 0.15) is 37.4 Å². The maximum absolute atomic E-state index is 12.9. The lowest BCUT2D eigenvalue weighted by Gasteiger charge is -2.20. The van der Waals surface area contributed by atoms with Gasteiger partial charge < -0.3 is 10.6 Å². The van der Waals surface area contributed by atoms with Crippen molar-refractivity contribution < 1.29 is 14.4 Å². The Hall–Kier alpha value is -3.57. The fraction of sp³-hybridized carbons (Fsp3) is 0.0870. The lowest BCUT2D eigenvalue weighted by atomic mass is 9.83. The minimum Gasteiger partial charge on any atom is -0.324 e. The summed E-state index contributed by atoms with van der Waals surface area (Å²) in [7, 11) is 0.